The van der Waals surface area contributed by atoms with Crippen LogP contribution < -0.4 is 20.1 Å². The lowest BCUT2D eigenvalue weighted by Gasteiger charge is -2.38. The SMILES string of the molecule is CN=C(NCCc1ccc(S(N)(=O)=O)cc1)N1CCN(c2ccccc2OC)CC1. The molecule has 0 atom stereocenters. The lowest BCUT2D eigenvalue weighted by molar-refractivity contribution is 0.367. The largest absolute Gasteiger partial charge is 0.495 e. The number of nitrogens with one attached hydrogen (secondary N) is 1. The maximum absolute atomic E-state index is 11.3. The third-order valence-corrected chi connectivity index (χ3v) is 6.09. The third kappa shape index (κ3) is 5.43. The fourth-order valence-corrected chi connectivity index (χ4v) is 4.06. The average Bonchev–Trinajstić information content (AvgIpc) is 2.76. The topological polar surface area (TPSA) is 100 Å². The minimum Gasteiger partial charge on any atom is -0.495 e. The Morgan fingerprint density at radius 3 is 2.37 bits per heavy atom. The van der Waals surface area contributed by atoms with E-state index < -0.39 is 10.0 Å². The summed E-state index contributed by atoms with van der Waals surface area (Å²) in [6.07, 6.45) is 0.755. The van der Waals surface area contributed by atoms with Crippen LogP contribution in [0.2, 0.25) is 0 Å². The number of primary sulfonamides is 1. The van der Waals surface area contributed by atoms with Gasteiger partial charge in [-0.1, -0.05) is 24.3 Å². The molecule has 0 saturated carbocycles. The molecule has 1 aliphatic rings. The monoisotopic (exact) mass is 431 g/mol. The van der Waals surface area contributed by atoms with Crippen molar-refractivity contribution in [2.45, 2.75) is 11.3 Å². The number of piperazine rings is 1. The van der Waals surface area contributed by atoms with Crippen molar-refractivity contribution in [3.05, 3.63) is 54.1 Å². The Kier molecular flexibility index (Phi) is 7.17. The first-order valence-corrected chi connectivity index (χ1v) is 11.4. The van der Waals surface area contributed by atoms with Crippen molar-refractivity contribution in [2.24, 2.45) is 10.1 Å². The lowest BCUT2D eigenvalue weighted by Crippen LogP contribution is -2.52. The molecule has 3 rings (SSSR count). The van der Waals surface area contributed by atoms with Gasteiger partial charge in [0.1, 0.15) is 5.75 Å². The van der Waals surface area contributed by atoms with Gasteiger partial charge in [0.2, 0.25) is 10.0 Å². The number of para-hydroxylation sites is 2. The van der Waals surface area contributed by atoms with Crippen molar-refractivity contribution >= 4 is 21.7 Å². The Morgan fingerprint density at radius 1 is 1.10 bits per heavy atom. The summed E-state index contributed by atoms with van der Waals surface area (Å²) in [7, 11) is -0.169. The van der Waals surface area contributed by atoms with Crippen LogP contribution in [-0.4, -0.2) is 66.2 Å². The highest BCUT2D eigenvalue weighted by atomic mass is 32.2. The van der Waals surface area contributed by atoms with Gasteiger partial charge in [-0.05, 0) is 36.2 Å². The summed E-state index contributed by atoms with van der Waals surface area (Å²) in [6.45, 7) is 4.20. The predicted octanol–water partition coefficient (Wildman–Crippen LogP) is 1.28. The summed E-state index contributed by atoms with van der Waals surface area (Å²) in [6, 6.07) is 14.7. The molecule has 1 fully saturated rings. The second-order valence-electron chi connectivity index (χ2n) is 7.06. The summed E-state index contributed by atoms with van der Waals surface area (Å²) in [4.78, 5) is 9.12. The van der Waals surface area contributed by atoms with E-state index in [-0.39, 0.29) is 4.90 Å². The maximum atomic E-state index is 11.3. The average molecular weight is 432 g/mol. The molecule has 0 aliphatic carbocycles. The van der Waals surface area contributed by atoms with E-state index in [4.69, 9.17) is 9.88 Å². The van der Waals surface area contributed by atoms with Crippen LogP contribution in [-0.2, 0) is 16.4 Å². The van der Waals surface area contributed by atoms with Gasteiger partial charge in [0.15, 0.2) is 5.96 Å². The minimum atomic E-state index is -3.65. The van der Waals surface area contributed by atoms with Gasteiger partial charge >= 0.3 is 0 Å². The van der Waals surface area contributed by atoms with E-state index in [1.165, 1.54) is 12.1 Å². The number of benzene rings is 2. The molecule has 0 unspecified atom stereocenters. The van der Waals surface area contributed by atoms with Crippen LogP contribution in [0.25, 0.3) is 0 Å². The fraction of sp³-hybridized carbons (Fsp3) is 0.381. The fourth-order valence-electron chi connectivity index (χ4n) is 3.55. The molecule has 3 N–H and O–H groups in total. The van der Waals surface area contributed by atoms with Crippen LogP contribution >= 0.6 is 0 Å². The highest BCUT2D eigenvalue weighted by Crippen LogP contribution is 2.28. The molecule has 8 nitrogen and oxygen atoms in total. The molecule has 30 heavy (non-hydrogen) atoms. The molecule has 0 bridgehead atoms. The Morgan fingerprint density at radius 2 is 1.77 bits per heavy atom. The lowest BCUT2D eigenvalue weighted by atomic mass is 10.1. The van der Waals surface area contributed by atoms with Gasteiger partial charge in [0, 0.05) is 39.8 Å². The van der Waals surface area contributed by atoms with Crippen LogP contribution in [0.1, 0.15) is 5.56 Å². The molecule has 0 radical (unpaired) electrons. The van der Waals surface area contributed by atoms with Crippen LogP contribution in [0.3, 0.4) is 0 Å². The zero-order chi connectivity index (χ0) is 21.6. The highest BCUT2D eigenvalue weighted by Gasteiger charge is 2.21. The maximum Gasteiger partial charge on any atom is 0.238 e. The number of guanidine groups is 1. The first-order chi connectivity index (χ1) is 14.4. The van der Waals surface area contributed by atoms with Gasteiger partial charge in [-0.25, -0.2) is 13.6 Å². The van der Waals surface area contributed by atoms with Gasteiger partial charge in [-0.15, -0.1) is 0 Å². The van der Waals surface area contributed by atoms with Gasteiger partial charge < -0.3 is 19.9 Å². The molecule has 0 spiro atoms. The molecular formula is C21H29N5O3S. The number of ether oxygens (including phenoxy) is 1. The molecule has 0 aromatic heterocycles. The van der Waals surface area contributed by atoms with E-state index in [0.717, 1.165) is 55.6 Å². The second kappa shape index (κ2) is 9.82. The van der Waals surface area contributed by atoms with Crippen molar-refractivity contribution in [1.29, 1.82) is 0 Å². The molecular weight excluding hydrogens is 402 g/mol. The standard InChI is InChI=1S/C21H29N5O3S/c1-23-21(24-12-11-17-7-9-18(10-8-17)30(22,27)28)26-15-13-25(14-16-26)19-5-3-4-6-20(19)29-2/h3-10H,11-16H2,1-2H3,(H,23,24)(H2,22,27,28). The number of hydrogen-bond donors (Lipinski definition) is 2. The van der Waals surface area contributed by atoms with Gasteiger partial charge in [-0.2, -0.15) is 0 Å². The number of sulfonamides is 1. The van der Waals surface area contributed by atoms with Crippen molar-refractivity contribution < 1.29 is 13.2 Å². The van der Waals surface area contributed by atoms with Crippen molar-refractivity contribution in [2.75, 3.05) is 51.8 Å². The zero-order valence-electron chi connectivity index (χ0n) is 17.4. The molecule has 1 saturated heterocycles. The van der Waals surface area contributed by atoms with Crippen LogP contribution in [0.5, 0.6) is 5.75 Å². The quantitative estimate of drug-likeness (QED) is 0.528. The summed E-state index contributed by atoms with van der Waals surface area (Å²) in [5, 5.41) is 8.54. The Labute approximate surface area is 178 Å². The first-order valence-electron chi connectivity index (χ1n) is 9.87. The third-order valence-electron chi connectivity index (χ3n) is 5.17. The molecule has 162 valence electrons. The summed E-state index contributed by atoms with van der Waals surface area (Å²) >= 11 is 0. The Hall–Kier alpha value is -2.78. The smallest absolute Gasteiger partial charge is 0.238 e. The highest BCUT2D eigenvalue weighted by molar-refractivity contribution is 7.89. The van der Waals surface area contributed by atoms with E-state index in [1.54, 1.807) is 26.3 Å². The number of nitrogens with two attached hydrogens (primary N) is 1. The summed E-state index contributed by atoms with van der Waals surface area (Å²) in [5.41, 5.74) is 2.15. The van der Waals surface area contributed by atoms with Gasteiger partial charge in [-0.3, -0.25) is 4.99 Å². The van der Waals surface area contributed by atoms with E-state index in [2.05, 4.69) is 26.2 Å². The first kappa shape index (κ1) is 21.9. The number of nitrogens with zero attached hydrogens (tertiary/aromatic N) is 3. The van der Waals surface area contributed by atoms with E-state index in [1.807, 2.05) is 18.2 Å². The van der Waals surface area contributed by atoms with Crippen LogP contribution in [0.15, 0.2) is 58.4 Å². The zero-order valence-corrected chi connectivity index (χ0v) is 18.2. The predicted molar refractivity (Wildman–Crippen MR) is 120 cm³/mol. The van der Waals surface area contributed by atoms with Crippen molar-refractivity contribution in [1.82, 2.24) is 10.2 Å². The molecule has 2 aromatic rings. The number of anilines is 1. The molecule has 1 heterocycles. The Bertz CT molecular complexity index is 968. The number of methoxy groups -OCH3 is 1. The van der Waals surface area contributed by atoms with E-state index >= 15 is 0 Å². The summed E-state index contributed by atoms with van der Waals surface area (Å²) < 4.78 is 28.2. The normalized spacial score (nSPS) is 15.2. The van der Waals surface area contributed by atoms with Gasteiger partial charge in [0.25, 0.3) is 0 Å². The molecule has 9 heteroatoms. The molecule has 2 aromatic carbocycles. The molecule has 0 amide bonds. The van der Waals surface area contributed by atoms with E-state index in [0.29, 0.717) is 6.54 Å². The second-order valence-corrected chi connectivity index (χ2v) is 8.62. The number of aliphatic imine (C=N–C) groups is 1. The summed E-state index contributed by atoms with van der Waals surface area (Å²) in [5.74, 6) is 1.76. The minimum absolute atomic E-state index is 0.128. The number of rotatable bonds is 6. The van der Waals surface area contributed by atoms with E-state index in [9.17, 15) is 8.42 Å². The van der Waals surface area contributed by atoms with Crippen LogP contribution in [0.4, 0.5) is 5.69 Å². The Balaban J connectivity index is 1.50. The van der Waals surface area contributed by atoms with Crippen molar-refractivity contribution in [3.8, 4) is 5.75 Å². The number of hydrogen-bond acceptors (Lipinski definition) is 5. The molecule has 1 aliphatic heterocycles. The van der Waals surface area contributed by atoms with Gasteiger partial charge in [0.05, 0.1) is 17.7 Å². The van der Waals surface area contributed by atoms with Crippen molar-refractivity contribution in [3.63, 3.8) is 0 Å². The van der Waals surface area contributed by atoms with Crippen LogP contribution in [0, 0.1) is 0 Å².